The van der Waals surface area contributed by atoms with Gasteiger partial charge in [0.05, 0.1) is 10.9 Å². The number of hydrogen-bond acceptors (Lipinski definition) is 5. The number of carbonyl (C=O) groups excluding carboxylic acids is 1. The number of amidine groups is 1. The summed E-state index contributed by atoms with van der Waals surface area (Å²) in [5.74, 6) is 0.0667. The zero-order valence-electron chi connectivity index (χ0n) is 14.2. The number of para-hydroxylation sites is 1. The van der Waals surface area contributed by atoms with Crippen molar-refractivity contribution in [3.8, 4) is 0 Å². The van der Waals surface area contributed by atoms with Crippen molar-refractivity contribution < 1.29 is 4.79 Å². The van der Waals surface area contributed by atoms with E-state index in [1.165, 1.54) is 28.7 Å². The number of rotatable bonds is 4. The van der Waals surface area contributed by atoms with Crippen LogP contribution in [0, 0.1) is 6.92 Å². The minimum Gasteiger partial charge on any atom is -0.273 e. The van der Waals surface area contributed by atoms with Crippen molar-refractivity contribution in [2.24, 2.45) is 4.99 Å². The topological polar surface area (TPSA) is 45.6 Å². The van der Waals surface area contributed by atoms with E-state index < -0.39 is 0 Å². The summed E-state index contributed by atoms with van der Waals surface area (Å²) in [5.41, 5.74) is 3.22. The summed E-state index contributed by atoms with van der Waals surface area (Å²) < 4.78 is 0. The molecule has 2 heterocycles. The highest BCUT2D eigenvalue weighted by Gasteiger charge is 2.39. The minimum absolute atomic E-state index is 0.0667. The fourth-order valence-corrected chi connectivity index (χ4v) is 4.52. The predicted molar refractivity (Wildman–Crippen MR) is 109 cm³/mol. The normalized spacial score (nSPS) is 18.7. The molecule has 4 rings (SSSR count). The maximum atomic E-state index is 13.1. The van der Waals surface area contributed by atoms with Crippen LogP contribution in [-0.2, 0) is 11.2 Å². The van der Waals surface area contributed by atoms with Crippen LogP contribution in [0.4, 0.5) is 10.8 Å². The van der Waals surface area contributed by atoms with Gasteiger partial charge in [0, 0.05) is 11.6 Å². The number of nitrogens with zero attached hydrogens (tertiary/aromatic N) is 3. The fourth-order valence-electron chi connectivity index (χ4n) is 2.78. The number of hydrogen-bond donors (Lipinski definition) is 0. The second-order valence-electron chi connectivity index (χ2n) is 6.01. The van der Waals surface area contributed by atoms with Gasteiger partial charge in [0.1, 0.15) is 0 Å². The van der Waals surface area contributed by atoms with Gasteiger partial charge in [-0.3, -0.25) is 9.69 Å². The summed E-state index contributed by atoms with van der Waals surface area (Å²) in [7, 11) is 0. The van der Waals surface area contributed by atoms with Gasteiger partial charge in [-0.2, -0.15) is 4.99 Å². The molecular formula is C20H17N3OS2. The molecule has 1 saturated heterocycles. The number of benzene rings is 2. The third kappa shape index (κ3) is 3.57. The lowest BCUT2D eigenvalue weighted by molar-refractivity contribution is -0.116. The molecule has 1 fully saturated rings. The standard InChI is InChI=1S/C20H17N3OS2/c1-14-7-9-15(10-8-14)13-17-18(24)23(16-5-3-2-4-6-16)20(26-17)22-19-21-11-12-25-19/h2-12,17H,13H2,1H3/t17-/m1/s1. The van der Waals surface area contributed by atoms with E-state index in [0.717, 1.165) is 11.3 Å². The summed E-state index contributed by atoms with van der Waals surface area (Å²) in [6, 6.07) is 18.0. The second-order valence-corrected chi connectivity index (χ2v) is 8.06. The maximum Gasteiger partial charge on any atom is 0.247 e. The van der Waals surface area contributed by atoms with Crippen molar-refractivity contribution in [3.05, 3.63) is 77.3 Å². The molecule has 26 heavy (non-hydrogen) atoms. The summed E-state index contributed by atoms with van der Waals surface area (Å²) in [6.45, 7) is 2.06. The molecule has 2 aromatic carbocycles. The van der Waals surface area contributed by atoms with Crippen molar-refractivity contribution in [1.29, 1.82) is 0 Å². The molecule has 0 aliphatic carbocycles. The Labute approximate surface area is 160 Å². The molecule has 1 aromatic heterocycles. The third-order valence-corrected chi connectivity index (χ3v) is 5.90. The predicted octanol–water partition coefficient (Wildman–Crippen LogP) is 4.83. The maximum absolute atomic E-state index is 13.1. The van der Waals surface area contributed by atoms with E-state index in [0.29, 0.717) is 16.7 Å². The van der Waals surface area contributed by atoms with Gasteiger partial charge in [-0.15, -0.1) is 11.3 Å². The van der Waals surface area contributed by atoms with Crippen LogP contribution in [0.5, 0.6) is 0 Å². The molecule has 4 nitrogen and oxygen atoms in total. The number of anilines is 1. The molecule has 1 aliphatic heterocycles. The summed E-state index contributed by atoms with van der Waals surface area (Å²) in [6.07, 6.45) is 2.41. The van der Waals surface area contributed by atoms with Gasteiger partial charge < -0.3 is 0 Å². The fraction of sp³-hybridized carbons (Fsp3) is 0.150. The first kappa shape index (κ1) is 17.0. The first-order valence-corrected chi connectivity index (χ1v) is 10.1. The van der Waals surface area contributed by atoms with E-state index in [-0.39, 0.29) is 11.2 Å². The van der Waals surface area contributed by atoms with Crippen molar-refractivity contribution in [2.75, 3.05) is 4.90 Å². The average Bonchev–Trinajstić information content (AvgIpc) is 3.27. The van der Waals surface area contributed by atoms with E-state index in [9.17, 15) is 4.79 Å². The quantitative estimate of drug-likeness (QED) is 0.652. The molecule has 0 saturated carbocycles. The lowest BCUT2D eigenvalue weighted by Gasteiger charge is -2.16. The highest BCUT2D eigenvalue weighted by atomic mass is 32.2. The molecule has 0 spiro atoms. The van der Waals surface area contributed by atoms with E-state index in [4.69, 9.17) is 0 Å². The Bertz CT molecular complexity index is 921. The number of amides is 1. The molecule has 0 unspecified atom stereocenters. The molecule has 3 aromatic rings. The zero-order chi connectivity index (χ0) is 17.9. The summed E-state index contributed by atoms with van der Waals surface area (Å²) in [4.78, 5) is 23.7. The van der Waals surface area contributed by atoms with E-state index in [2.05, 4.69) is 41.2 Å². The Balaban J connectivity index is 1.66. The molecule has 6 heteroatoms. The lowest BCUT2D eigenvalue weighted by Crippen LogP contribution is -2.32. The van der Waals surface area contributed by atoms with Crippen LogP contribution < -0.4 is 4.90 Å². The van der Waals surface area contributed by atoms with E-state index in [1.54, 1.807) is 11.1 Å². The Kier molecular flexibility index (Phi) is 4.86. The van der Waals surface area contributed by atoms with Crippen LogP contribution in [0.25, 0.3) is 0 Å². The Morgan fingerprint density at radius 1 is 1.12 bits per heavy atom. The highest BCUT2D eigenvalue weighted by molar-refractivity contribution is 8.16. The van der Waals surface area contributed by atoms with Crippen molar-refractivity contribution >= 4 is 45.0 Å². The molecule has 1 aliphatic rings. The summed E-state index contributed by atoms with van der Waals surface area (Å²) >= 11 is 2.98. The highest BCUT2D eigenvalue weighted by Crippen LogP contribution is 2.35. The molecule has 1 atom stereocenters. The number of aryl methyl sites for hydroxylation is 1. The van der Waals surface area contributed by atoms with Gasteiger partial charge in [-0.25, -0.2) is 4.98 Å². The van der Waals surface area contributed by atoms with E-state index >= 15 is 0 Å². The molecule has 0 bridgehead atoms. The smallest absolute Gasteiger partial charge is 0.247 e. The SMILES string of the molecule is Cc1ccc(C[C@H]2SC(=Nc3nccs3)N(c3ccccc3)C2=O)cc1. The minimum atomic E-state index is -0.184. The van der Waals surface area contributed by atoms with Crippen molar-refractivity contribution in [2.45, 2.75) is 18.6 Å². The van der Waals surface area contributed by atoms with Crippen molar-refractivity contribution in [3.63, 3.8) is 0 Å². The van der Waals surface area contributed by atoms with Crippen LogP contribution in [0.3, 0.4) is 0 Å². The van der Waals surface area contributed by atoms with Gasteiger partial charge in [0.2, 0.25) is 11.0 Å². The van der Waals surface area contributed by atoms with Gasteiger partial charge in [0.15, 0.2) is 5.17 Å². The molecule has 130 valence electrons. The van der Waals surface area contributed by atoms with Crippen LogP contribution in [0.15, 0.2) is 71.2 Å². The number of thiazole rings is 1. The second kappa shape index (κ2) is 7.43. The van der Waals surface area contributed by atoms with E-state index in [1.807, 2.05) is 35.7 Å². The van der Waals surface area contributed by atoms with Crippen molar-refractivity contribution in [1.82, 2.24) is 4.98 Å². The Morgan fingerprint density at radius 3 is 2.58 bits per heavy atom. The average molecular weight is 380 g/mol. The van der Waals surface area contributed by atoms with Gasteiger partial charge >= 0.3 is 0 Å². The zero-order valence-corrected chi connectivity index (χ0v) is 15.8. The van der Waals surface area contributed by atoms with Crippen LogP contribution >= 0.6 is 23.1 Å². The van der Waals surface area contributed by atoms with Gasteiger partial charge in [-0.1, -0.05) is 59.8 Å². The number of carbonyl (C=O) groups is 1. The number of thioether (sulfide) groups is 1. The summed E-state index contributed by atoms with van der Waals surface area (Å²) in [5, 5.41) is 3.05. The van der Waals surface area contributed by atoms with Gasteiger partial charge in [-0.05, 0) is 31.0 Å². The molecular weight excluding hydrogens is 362 g/mol. The third-order valence-electron chi connectivity index (χ3n) is 4.10. The first-order valence-electron chi connectivity index (χ1n) is 8.30. The largest absolute Gasteiger partial charge is 0.273 e. The van der Waals surface area contributed by atoms with Gasteiger partial charge in [0.25, 0.3) is 0 Å². The molecule has 0 N–H and O–H groups in total. The monoisotopic (exact) mass is 379 g/mol. The lowest BCUT2D eigenvalue weighted by atomic mass is 10.1. The first-order chi connectivity index (χ1) is 12.7. The van der Waals surface area contributed by atoms with Crippen LogP contribution in [0.2, 0.25) is 0 Å². The molecule has 0 radical (unpaired) electrons. The van der Waals surface area contributed by atoms with Crippen LogP contribution in [0.1, 0.15) is 11.1 Å². The molecule has 1 amide bonds. The van der Waals surface area contributed by atoms with Crippen LogP contribution in [-0.4, -0.2) is 21.3 Å². The number of aliphatic imine (C=N–C) groups is 1. The Hall–Kier alpha value is -2.44. The Morgan fingerprint density at radius 2 is 1.88 bits per heavy atom. The number of aromatic nitrogens is 1.